The second-order valence-electron chi connectivity index (χ2n) is 5.51. The van der Waals surface area contributed by atoms with Crippen LogP contribution < -0.4 is 5.32 Å². The molecule has 1 fully saturated rings. The summed E-state index contributed by atoms with van der Waals surface area (Å²) in [6.07, 6.45) is 6.86. The number of nitrogens with zero attached hydrogens (tertiary/aromatic N) is 1. The highest BCUT2D eigenvalue weighted by molar-refractivity contribution is 5.86. The fraction of sp³-hybridized carbons (Fsp3) is 0.857. The van der Waals surface area contributed by atoms with Gasteiger partial charge in [0.25, 0.3) is 0 Å². The molecule has 0 aromatic heterocycles. The normalized spacial score (nSPS) is 18.4. The van der Waals surface area contributed by atoms with Crippen LogP contribution in [0, 0.1) is 0 Å². The smallest absolute Gasteiger partial charge is 0.329 e. The number of hydrogen-bond acceptors (Lipinski definition) is 2. The molecule has 0 aliphatic heterocycles. The Balaban J connectivity index is 2.67. The van der Waals surface area contributed by atoms with Crippen LogP contribution >= 0.6 is 0 Å². The van der Waals surface area contributed by atoms with Crippen molar-refractivity contribution in [3.05, 3.63) is 0 Å². The van der Waals surface area contributed by atoms with Gasteiger partial charge in [0.05, 0.1) is 0 Å². The number of urea groups is 1. The zero-order valence-electron chi connectivity index (χ0n) is 12.1. The minimum atomic E-state index is -1.06. The van der Waals surface area contributed by atoms with E-state index in [1.165, 1.54) is 0 Å². The molecular formula is C14H26N2O3. The molecule has 1 aliphatic carbocycles. The van der Waals surface area contributed by atoms with Crippen LogP contribution in [0.4, 0.5) is 4.79 Å². The lowest BCUT2D eigenvalue weighted by molar-refractivity contribution is -0.145. The van der Waals surface area contributed by atoms with E-state index in [2.05, 4.69) is 12.2 Å². The molecule has 1 aliphatic rings. The Hall–Kier alpha value is -1.26. The van der Waals surface area contributed by atoms with Gasteiger partial charge in [0.15, 0.2) is 0 Å². The summed E-state index contributed by atoms with van der Waals surface area (Å²) >= 11 is 0. The maximum atomic E-state index is 12.1. The highest BCUT2D eigenvalue weighted by Gasteiger charge is 2.40. The zero-order chi connectivity index (χ0) is 14.3. The summed E-state index contributed by atoms with van der Waals surface area (Å²) in [5, 5.41) is 12.3. The van der Waals surface area contributed by atoms with E-state index in [1.54, 1.807) is 11.9 Å². The number of carbonyl (C=O) groups excluding carboxylic acids is 1. The van der Waals surface area contributed by atoms with Gasteiger partial charge in [-0.2, -0.15) is 0 Å². The van der Waals surface area contributed by atoms with Gasteiger partial charge in [-0.15, -0.1) is 0 Å². The maximum absolute atomic E-state index is 12.1. The number of unbranched alkanes of at least 4 members (excludes halogenated alkanes) is 1. The summed E-state index contributed by atoms with van der Waals surface area (Å²) < 4.78 is 0. The number of rotatable bonds is 5. The molecule has 0 heterocycles. The summed E-state index contributed by atoms with van der Waals surface area (Å²) in [6, 6.07) is -0.266. The Labute approximate surface area is 115 Å². The van der Waals surface area contributed by atoms with Crippen molar-refractivity contribution >= 4 is 12.0 Å². The molecule has 110 valence electrons. The molecule has 19 heavy (non-hydrogen) atoms. The van der Waals surface area contributed by atoms with E-state index in [1.807, 2.05) is 0 Å². The first-order valence-corrected chi connectivity index (χ1v) is 7.28. The Bertz CT molecular complexity index is 310. The van der Waals surface area contributed by atoms with E-state index in [0.29, 0.717) is 19.4 Å². The predicted molar refractivity (Wildman–Crippen MR) is 74.1 cm³/mol. The number of carboxylic acids is 1. The molecule has 1 saturated carbocycles. The Kier molecular flexibility index (Phi) is 6.12. The predicted octanol–water partition coefficient (Wildman–Crippen LogP) is 2.61. The van der Waals surface area contributed by atoms with Crippen LogP contribution in [0.1, 0.15) is 58.3 Å². The molecule has 0 unspecified atom stereocenters. The van der Waals surface area contributed by atoms with Crippen LogP contribution in [-0.2, 0) is 4.79 Å². The lowest BCUT2D eigenvalue weighted by Crippen LogP contribution is -2.57. The second kappa shape index (κ2) is 7.36. The van der Waals surface area contributed by atoms with E-state index in [4.69, 9.17) is 0 Å². The van der Waals surface area contributed by atoms with Gasteiger partial charge < -0.3 is 15.3 Å². The topological polar surface area (TPSA) is 69.6 Å². The molecule has 2 amide bonds. The van der Waals surface area contributed by atoms with Gasteiger partial charge in [-0.25, -0.2) is 9.59 Å². The van der Waals surface area contributed by atoms with Gasteiger partial charge in [0.1, 0.15) is 5.54 Å². The van der Waals surface area contributed by atoms with E-state index < -0.39 is 11.5 Å². The molecule has 0 atom stereocenters. The first-order valence-electron chi connectivity index (χ1n) is 7.28. The highest BCUT2D eigenvalue weighted by atomic mass is 16.4. The highest BCUT2D eigenvalue weighted by Crippen LogP contribution is 2.27. The van der Waals surface area contributed by atoms with Crippen LogP contribution in [0.15, 0.2) is 0 Å². The van der Waals surface area contributed by atoms with Crippen LogP contribution in [0.2, 0.25) is 0 Å². The molecule has 1 rings (SSSR count). The quantitative estimate of drug-likeness (QED) is 0.754. The lowest BCUT2D eigenvalue weighted by Gasteiger charge is -2.31. The molecule has 0 saturated heterocycles. The van der Waals surface area contributed by atoms with E-state index >= 15 is 0 Å². The lowest BCUT2D eigenvalue weighted by atomic mass is 9.90. The van der Waals surface area contributed by atoms with Gasteiger partial charge in [-0.3, -0.25) is 0 Å². The van der Waals surface area contributed by atoms with Crippen molar-refractivity contribution < 1.29 is 14.7 Å². The molecule has 5 nitrogen and oxygen atoms in total. The van der Waals surface area contributed by atoms with Crippen LogP contribution in [0.3, 0.4) is 0 Å². The van der Waals surface area contributed by atoms with E-state index in [-0.39, 0.29) is 6.03 Å². The molecule has 0 bridgehead atoms. The minimum absolute atomic E-state index is 0.266. The summed E-state index contributed by atoms with van der Waals surface area (Å²) in [6.45, 7) is 2.73. The largest absolute Gasteiger partial charge is 0.480 e. The maximum Gasteiger partial charge on any atom is 0.329 e. The van der Waals surface area contributed by atoms with Gasteiger partial charge in [-0.05, 0) is 19.3 Å². The Morgan fingerprint density at radius 2 is 1.79 bits per heavy atom. The van der Waals surface area contributed by atoms with Crippen LogP contribution in [-0.4, -0.2) is 41.1 Å². The summed E-state index contributed by atoms with van der Waals surface area (Å²) in [5.41, 5.74) is -1.06. The third-order valence-electron chi connectivity index (χ3n) is 3.91. The van der Waals surface area contributed by atoms with Crippen molar-refractivity contribution in [3.8, 4) is 0 Å². The van der Waals surface area contributed by atoms with E-state index in [0.717, 1.165) is 38.5 Å². The fourth-order valence-electron chi connectivity index (χ4n) is 2.52. The van der Waals surface area contributed by atoms with Gasteiger partial charge in [0, 0.05) is 13.6 Å². The second-order valence-corrected chi connectivity index (χ2v) is 5.51. The number of carbonyl (C=O) groups is 2. The number of carboxylic acid groups (broad SMARTS) is 1. The fourth-order valence-corrected chi connectivity index (χ4v) is 2.52. The summed E-state index contributed by atoms with van der Waals surface area (Å²) in [4.78, 5) is 25.2. The minimum Gasteiger partial charge on any atom is -0.480 e. The standard InChI is InChI=1S/C14H26N2O3/c1-3-4-11-16(2)13(19)15-14(12(17)18)9-7-5-6-8-10-14/h3-11H2,1-2H3,(H,15,19)(H,17,18). The first-order chi connectivity index (χ1) is 9.02. The number of nitrogens with one attached hydrogen (secondary N) is 1. The zero-order valence-corrected chi connectivity index (χ0v) is 12.1. The summed E-state index contributed by atoms with van der Waals surface area (Å²) in [5.74, 6) is -0.897. The SMILES string of the molecule is CCCCN(C)C(=O)NC1(C(=O)O)CCCCCC1. The summed E-state index contributed by atoms with van der Waals surface area (Å²) in [7, 11) is 1.72. The van der Waals surface area contributed by atoms with Gasteiger partial charge in [0.2, 0.25) is 0 Å². The van der Waals surface area contributed by atoms with Crippen molar-refractivity contribution in [2.45, 2.75) is 63.8 Å². The van der Waals surface area contributed by atoms with Crippen LogP contribution in [0.25, 0.3) is 0 Å². The molecule has 5 heteroatoms. The number of amides is 2. The number of aliphatic carboxylic acids is 1. The molecular weight excluding hydrogens is 244 g/mol. The van der Waals surface area contributed by atoms with Gasteiger partial charge >= 0.3 is 12.0 Å². The molecule has 2 N–H and O–H groups in total. The Morgan fingerprint density at radius 1 is 1.21 bits per heavy atom. The van der Waals surface area contributed by atoms with Crippen molar-refractivity contribution in [1.29, 1.82) is 0 Å². The number of hydrogen-bond donors (Lipinski definition) is 2. The monoisotopic (exact) mass is 270 g/mol. The molecule has 0 aromatic rings. The third-order valence-corrected chi connectivity index (χ3v) is 3.91. The van der Waals surface area contributed by atoms with Crippen molar-refractivity contribution in [2.75, 3.05) is 13.6 Å². The third kappa shape index (κ3) is 4.40. The average molecular weight is 270 g/mol. The van der Waals surface area contributed by atoms with Crippen molar-refractivity contribution in [1.82, 2.24) is 10.2 Å². The van der Waals surface area contributed by atoms with Crippen molar-refractivity contribution in [2.24, 2.45) is 0 Å². The molecule has 0 radical (unpaired) electrons. The van der Waals surface area contributed by atoms with Crippen LogP contribution in [0.5, 0.6) is 0 Å². The molecule has 0 spiro atoms. The van der Waals surface area contributed by atoms with E-state index in [9.17, 15) is 14.7 Å². The average Bonchev–Trinajstić information content (AvgIpc) is 2.62. The first kappa shape index (κ1) is 15.8. The molecule has 0 aromatic carbocycles. The Morgan fingerprint density at radius 3 is 2.26 bits per heavy atom. The van der Waals surface area contributed by atoms with Gasteiger partial charge in [-0.1, -0.05) is 39.0 Å². The van der Waals surface area contributed by atoms with Crippen molar-refractivity contribution in [3.63, 3.8) is 0 Å².